The highest BCUT2D eigenvalue weighted by Crippen LogP contribution is 2.24. The lowest BCUT2D eigenvalue weighted by atomic mass is 9.96. The molecule has 1 aromatic carbocycles. The van der Waals surface area contributed by atoms with Crippen molar-refractivity contribution < 1.29 is 8.78 Å². The number of piperazine rings is 1. The van der Waals surface area contributed by atoms with Crippen LogP contribution >= 0.6 is 0 Å². The highest BCUT2D eigenvalue weighted by Gasteiger charge is 2.29. The van der Waals surface area contributed by atoms with E-state index >= 15 is 0 Å². The Labute approximate surface area is 106 Å². The maximum absolute atomic E-state index is 13.8. The van der Waals surface area contributed by atoms with E-state index in [1.807, 2.05) is 7.05 Å². The van der Waals surface area contributed by atoms with E-state index in [4.69, 9.17) is 0 Å². The molecule has 0 radical (unpaired) electrons. The van der Waals surface area contributed by atoms with Crippen molar-refractivity contribution in [1.82, 2.24) is 15.5 Å². The van der Waals surface area contributed by atoms with Crippen molar-refractivity contribution in [1.29, 1.82) is 0 Å². The fraction of sp³-hybridized carbons (Fsp3) is 0.538. The van der Waals surface area contributed by atoms with Crippen LogP contribution in [0.5, 0.6) is 0 Å². The predicted molar refractivity (Wildman–Crippen MR) is 67.4 cm³/mol. The fourth-order valence-corrected chi connectivity index (χ4v) is 2.51. The van der Waals surface area contributed by atoms with Crippen LogP contribution in [0.3, 0.4) is 0 Å². The molecule has 100 valence electrons. The van der Waals surface area contributed by atoms with Gasteiger partial charge >= 0.3 is 0 Å². The third-order valence-corrected chi connectivity index (χ3v) is 3.55. The van der Waals surface area contributed by atoms with E-state index in [0.717, 1.165) is 25.7 Å². The number of nitrogens with one attached hydrogen (secondary N) is 2. The summed E-state index contributed by atoms with van der Waals surface area (Å²) >= 11 is 0. The van der Waals surface area contributed by atoms with E-state index in [-0.39, 0.29) is 17.9 Å². The number of halogens is 2. The molecule has 0 bridgehead atoms. The van der Waals surface area contributed by atoms with Gasteiger partial charge in [0.2, 0.25) is 0 Å². The van der Waals surface area contributed by atoms with Crippen LogP contribution in [0.4, 0.5) is 8.78 Å². The van der Waals surface area contributed by atoms with Crippen LogP contribution in [0.1, 0.15) is 11.6 Å². The molecule has 3 nitrogen and oxygen atoms in total. The SMILES string of the molecule is CNC(c1cc(F)ccc1F)C1CNCCN1C. The van der Waals surface area contributed by atoms with Gasteiger partial charge in [0.05, 0.1) is 6.04 Å². The van der Waals surface area contributed by atoms with Gasteiger partial charge in [-0.3, -0.25) is 4.90 Å². The summed E-state index contributed by atoms with van der Waals surface area (Å²) < 4.78 is 27.1. The van der Waals surface area contributed by atoms with Gasteiger partial charge in [-0.1, -0.05) is 0 Å². The Bertz CT molecular complexity index is 411. The molecule has 0 amide bonds. The largest absolute Gasteiger partial charge is 0.314 e. The zero-order valence-electron chi connectivity index (χ0n) is 10.7. The first-order chi connectivity index (χ1) is 8.63. The van der Waals surface area contributed by atoms with Crippen LogP contribution in [0.15, 0.2) is 18.2 Å². The third kappa shape index (κ3) is 2.68. The first-order valence-corrected chi connectivity index (χ1v) is 6.16. The summed E-state index contributed by atoms with van der Waals surface area (Å²) in [5, 5.41) is 6.38. The van der Waals surface area contributed by atoms with Crippen molar-refractivity contribution in [3.8, 4) is 0 Å². The minimum atomic E-state index is -0.405. The van der Waals surface area contributed by atoms with Crippen LogP contribution in [-0.4, -0.2) is 44.7 Å². The molecule has 1 fully saturated rings. The minimum Gasteiger partial charge on any atom is -0.314 e. The Morgan fingerprint density at radius 2 is 2.22 bits per heavy atom. The van der Waals surface area contributed by atoms with Gasteiger partial charge in [0.1, 0.15) is 11.6 Å². The third-order valence-electron chi connectivity index (χ3n) is 3.55. The monoisotopic (exact) mass is 255 g/mol. The molecule has 1 aromatic rings. The Kier molecular flexibility index (Phi) is 4.27. The van der Waals surface area contributed by atoms with E-state index in [0.29, 0.717) is 5.56 Å². The number of hydrogen-bond acceptors (Lipinski definition) is 3. The summed E-state index contributed by atoms with van der Waals surface area (Å²) in [4.78, 5) is 2.17. The summed E-state index contributed by atoms with van der Waals surface area (Å²) in [7, 11) is 3.78. The number of benzene rings is 1. The van der Waals surface area contributed by atoms with Crippen LogP contribution < -0.4 is 10.6 Å². The molecule has 0 aromatic heterocycles. The Hall–Kier alpha value is -1.04. The van der Waals surface area contributed by atoms with Gasteiger partial charge in [-0.2, -0.15) is 0 Å². The van der Waals surface area contributed by atoms with Crippen LogP contribution in [-0.2, 0) is 0 Å². The number of nitrogens with zero attached hydrogens (tertiary/aromatic N) is 1. The van der Waals surface area contributed by atoms with E-state index in [1.54, 1.807) is 7.05 Å². The molecule has 1 aliphatic rings. The van der Waals surface area contributed by atoms with E-state index < -0.39 is 5.82 Å². The first kappa shape index (κ1) is 13.4. The lowest BCUT2D eigenvalue weighted by Crippen LogP contribution is -2.54. The van der Waals surface area contributed by atoms with Crippen molar-refractivity contribution in [2.24, 2.45) is 0 Å². The molecule has 1 saturated heterocycles. The Balaban J connectivity index is 2.29. The Morgan fingerprint density at radius 1 is 1.44 bits per heavy atom. The second-order valence-corrected chi connectivity index (χ2v) is 4.68. The molecule has 2 N–H and O–H groups in total. The van der Waals surface area contributed by atoms with Crippen molar-refractivity contribution in [2.75, 3.05) is 33.7 Å². The molecule has 0 aliphatic carbocycles. The molecule has 0 spiro atoms. The number of rotatable bonds is 3. The maximum Gasteiger partial charge on any atom is 0.128 e. The van der Waals surface area contributed by atoms with Gasteiger partial charge in [0.25, 0.3) is 0 Å². The molecule has 0 saturated carbocycles. The van der Waals surface area contributed by atoms with Gasteiger partial charge in [-0.25, -0.2) is 8.78 Å². The van der Waals surface area contributed by atoms with Gasteiger partial charge in [0, 0.05) is 31.2 Å². The maximum atomic E-state index is 13.8. The van der Waals surface area contributed by atoms with E-state index in [1.165, 1.54) is 12.1 Å². The van der Waals surface area contributed by atoms with Gasteiger partial charge in [-0.05, 0) is 32.3 Å². The highest BCUT2D eigenvalue weighted by atomic mass is 19.1. The molecule has 2 unspecified atom stereocenters. The predicted octanol–water partition coefficient (Wildman–Crippen LogP) is 1.13. The quantitative estimate of drug-likeness (QED) is 0.848. The van der Waals surface area contributed by atoms with E-state index in [2.05, 4.69) is 15.5 Å². The van der Waals surface area contributed by atoms with Crippen molar-refractivity contribution in [3.05, 3.63) is 35.4 Å². The lowest BCUT2D eigenvalue weighted by Gasteiger charge is -2.38. The van der Waals surface area contributed by atoms with Crippen molar-refractivity contribution in [2.45, 2.75) is 12.1 Å². The smallest absolute Gasteiger partial charge is 0.128 e. The normalized spacial score (nSPS) is 23.0. The second-order valence-electron chi connectivity index (χ2n) is 4.68. The molecule has 2 atom stereocenters. The van der Waals surface area contributed by atoms with Gasteiger partial charge in [-0.15, -0.1) is 0 Å². The van der Waals surface area contributed by atoms with Crippen LogP contribution in [0.25, 0.3) is 0 Å². The standard InChI is InChI=1S/C13H19F2N3/c1-16-13(12-8-17-5-6-18(12)2)10-7-9(14)3-4-11(10)15/h3-4,7,12-13,16-17H,5-6,8H2,1-2H3. The fourth-order valence-electron chi connectivity index (χ4n) is 2.51. The average molecular weight is 255 g/mol. The zero-order valence-corrected chi connectivity index (χ0v) is 10.7. The zero-order chi connectivity index (χ0) is 13.1. The summed E-state index contributed by atoms with van der Waals surface area (Å²) in [6, 6.07) is 3.50. The molecule has 18 heavy (non-hydrogen) atoms. The molecule has 5 heteroatoms. The first-order valence-electron chi connectivity index (χ1n) is 6.16. The number of likely N-dealkylation sites (N-methyl/N-ethyl adjacent to an activating group) is 2. The Morgan fingerprint density at radius 3 is 2.89 bits per heavy atom. The summed E-state index contributed by atoms with van der Waals surface area (Å²) in [5.41, 5.74) is 0.387. The van der Waals surface area contributed by atoms with Crippen molar-refractivity contribution >= 4 is 0 Å². The average Bonchev–Trinajstić information content (AvgIpc) is 2.36. The van der Waals surface area contributed by atoms with Gasteiger partial charge < -0.3 is 10.6 Å². The molecular weight excluding hydrogens is 236 g/mol. The summed E-state index contributed by atoms with van der Waals surface area (Å²) in [6.07, 6.45) is 0. The van der Waals surface area contributed by atoms with Crippen LogP contribution in [0.2, 0.25) is 0 Å². The molecule has 2 rings (SSSR count). The second kappa shape index (κ2) is 5.73. The summed E-state index contributed by atoms with van der Waals surface area (Å²) in [5.74, 6) is -0.771. The summed E-state index contributed by atoms with van der Waals surface area (Å²) in [6.45, 7) is 2.59. The van der Waals surface area contributed by atoms with E-state index in [9.17, 15) is 8.78 Å². The lowest BCUT2D eigenvalue weighted by molar-refractivity contribution is 0.160. The molecule has 1 heterocycles. The van der Waals surface area contributed by atoms with Crippen molar-refractivity contribution in [3.63, 3.8) is 0 Å². The minimum absolute atomic E-state index is 0.111. The van der Waals surface area contributed by atoms with Crippen LogP contribution in [0, 0.1) is 11.6 Å². The topological polar surface area (TPSA) is 27.3 Å². The molecule has 1 aliphatic heterocycles. The highest BCUT2D eigenvalue weighted by molar-refractivity contribution is 5.24. The number of hydrogen-bond donors (Lipinski definition) is 2. The molecular formula is C13H19F2N3. The van der Waals surface area contributed by atoms with Gasteiger partial charge in [0.15, 0.2) is 0 Å².